The number of halogens is 3. The lowest BCUT2D eigenvalue weighted by molar-refractivity contribution is -0.137. The van der Waals surface area contributed by atoms with Gasteiger partial charge in [0.05, 0.1) is 30.0 Å². The molecule has 124 valence electrons. The first kappa shape index (κ1) is 15.8. The molecule has 0 saturated carbocycles. The van der Waals surface area contributed by atoms with Crippen LogP contribution in [0.1, 0.15) is 15.9 Å². The third-order valence-corrected chi connectivity index (χ3v) is 3.50. The smallest absolute Gasteiger partial charge is 0.416 e. The second-order valence-corrected chi connectivity index (χ2v) is 4.98. The van der Waals surface area contributed by atoms with E-state index in [1.807, 2.05) is 0 Å². The highest BCUT2D eigenvalue weighted by atomic mass is 19.4. The summed E-state index contributed by atoms with van der Waals surface area (Å²) in [7, 11) is 1.16. The first-order valence-electron chi connectivity index (χ1n) is 6.67. The molecule has 2 N–H and O–H groups in total. The minimum absolute atomic E-state index is 0.0144. The zero-order chi connectivity index (χ0) is 17.5. The van der Waals surface area contributed by atoms with Gasteiger partial charge in [-0.2, -0.15) is 18.3 Å². The molecule has 3 aromatic rings. The molecule has 0 aliphatic rings. The topological polar surface area (TPSA) is 87.8 Å². The monoisotopic (exact) mass is 337 g/mol. The number of alkyl halides is 3. The van der Waals surface area contributed by atoms with Crippen LogP contribution in [0.4, 0.5) is 13.2 Å². The number of methoxy groups -OCH3 is 1. The van der Waals surface area contributed by atoms with Gasteiger partial charge in [0.2, 0.25) is 0 Å². The van der Waals surface area contributed by atoms with E-state index < -0.39 is 23.3 Å². The van der Waals surface area contributed by atoms with Crippen molar-refractivity contribution in [2.75, 3.05) is 7.11 Å². The van der Waals surface area contributed by atoms with Crippen LogP contribution in [-0.4, -0.2) is 28.3 Å². The molecule has 0 saturated heterocycles. The van der Waals surface area contributed by atoms with Gasteiger partial charge in [-0.1, -0.05) is 0 Å². The molecule has 24 heavy (non-hydrogen) atoms. The van der Waals surface area contributed by atoms with E-state index >= 15 is 0 Å². The lowest BCUT2D eigenvalue weighted by atomic mass is 9.99. The number of esters is 1. The van der Waals surface area contributed by atoms with Crippen LogP contribution in [0.15, 0.2) is 35.4 Å². The van der Waals surface area contributed by atoms with Gasteiger partial charge in [-0.05, 0) is 23.8 Å². The Kier molecular flexibility index (Phi) is 3.63. The third-order valence-electron chi connectivity index (χ3n) is 3.50. The molecule has 0 bridgehead atoms. The number of hydrogen-bond acceptors (Lipinski definition) is 4. The number of H-pyrrole nitrogens is 2. The van der Waals surface area contributed by atoms with Crippen LogP contribution in [0.3, 0.4) is 0 Å². The number of benzene rings is 1. The van der Waals surface area contributed by atoms with Crippen LogP contribution in [0.2, 0.25) is 0 Å². The number of aromatic amines is 2. The highest BCUT2D eigenvalue weighted by Crippen LogP contribution is 2.35. The zero-order valence-electron chi connectivity index (χ0n) is 12.2. The molecule has 0 fully saturated rings. The number of hydrogen-bond donors (Lipinski definition) is 2. The minimum Gasteiger partial charge on any atom is -0.465 e. The highest BCUT2D eigenvalue weighted by Gasteiger charge is 2.32. The second kappa shape index (κ2) is 5.52. The Morgan fingerprint density at radius 2 is 1.96 bits per heavy atom. The second-order valence-electron chi connectivity index (χ2n) is 4.98. The number of carbonyl (C=O) groups excluding carboxylic acids is 1. The van der Waals surface area contributed by atoms with E-state index in [4.69, 9.17) is 0 Å². The number of fused-ring (bicyclic) bond motifs is 1. The van der Waals surface area contributed by atoms with Gasteiger partial charge in [-0.25, -0.2) is 4.79 Å². The van der Waals surface area contributed by atoms with E-state index in [1.54, 1.807) is 0 Å². The lowest BCUT2D eigenvalue weighted by Gasteiger charge is -2.10. The Labute approximate surface area is 132 Å². The van der Waals surface area contributed by atoms with Gasteiger partial charge in [-0.15, -0.1) is 0 Å². The van der Waals surface area contributed by atoms with Crippen molar-refractivity contribution in [3.05, 3.63) is 52.1 Å². The molecule has 0 atom stereocenters. The first-order chi connectivity index (χ1) is 11.3. The van der Waals surface area contributed by atoms with Gasteiger partial charge in [0.15, 0.2) is 0 Å². The average molecular weight is 337 g/mol. The van der Waals surface area contributed by atoms with E-state index in [1.165, 1.54) is 12.3 Å². The number of carbonyl (C=O) groups is 1. The Morgan fingerprint density at radius 3 is 2.62 bits per heavy atom. The van der Waals surface area contributed by atoms with E-state index in [-0.39, 0.29) is 22.2 Å². The number of nitrogens with one attached hydrogen (secondary N) is 2. The van der Waals surface area contributed by atoms with Crippen LogP contribution < -0.4 is 5.56 Å². The third kappa shape index (κ3) is 2.64. The molecule has 0 unspecified atom stereocenters. The largest absolute Gasteiger partial charge is 0.465 e. The van der Waals surface area contributed by atoms with Crippen LogP contribution in [-0.2, 0) is 10.9 Å². The predicted octanol–water partition coefficient (Wildman–Crippen LogP) is 2.72. The number of rotatable bonds is 2. The van der Waals surface area contributed by atoms with Crippen LogP contribution in [0.5, 0.6) is 0 Å². The van der Waals surface area contributed by atoms with E-state index in [2.05, 4.69) is 19.9 Å². The van der Waals surface area contributed by atoms with Crippen molar-refractivity contribution < 1.29 is 22.7 Å². The fourth-order valence-electron chi connectivity index (χ4n) is 2.36. The number of ether oxygens (including phenoxy) is 1. The molecule has 2 aromatic heterocycles. The van der Waals surface area contributed by atoms with Gasteiger partial charge in [0.25, 0.3) is 5.56 Å². The summed E-state index contributed by atoms with van der Waals surface area (Å²) in [5, 5.41) is 6.50. The van der Waals surface area contributed by atoms with Gasteiger partial charge < -0.3 is 9.72 Å². The zero-order valence-corrected chi connectivity index (χ0v) is 12.2. The molecule has 0 radical (unpaired) electrons. The molecule has 9 heteroatoms. The van der Waals surface area contributed by atoms with Crippen molar-refractivity contribution in [1.82, 2.24) is 15.2 Å². The maximum Gasteiger partial charge on any atom is 0.416 e. The first-order valence-corrected chi connectivity index (χ1v) is 6.67. The minimum atomic E-state index is -4.60. The van der Waals surface area contributed by atoms with E-state index in [0.29, 0.717) is 5.39 Å². The summed E-state index contributed by atoms with van der Waals surface area (Å²) in [5.41, 5.74) is -1.50. The fraction of sp³-hybridized carbons (Fsp3) is 0.133. The highest BCUT2D eigenvalue weighted by molar-refractivity contribution is 5.97. The molecule has 2 heterocycles. The summed E-state index contributed by atoms with van der Waals surface area (Å²) in [6.07, 6.45) is -2.15. The molecule has 3 rings (SSSR count). The van der Waals surface area contributed by atoms with Gasteiger partial charge in [0, 0.05) is 17.1 Å². The Hall–Kier alpha value is -3.10. The van der Waals surface area contributed by atoms with Crippen molar-refractivity contribution in [3.8, 4) is 11.1 Å². The molecular weight excluding hydrogens is 327 g/mol. The molecule has 0 aliphatic heterocycles. The van der Waals surface area contributed by atoms with Gasteiger partial charge >= 0.3 is 12.1 Å². The SMILES string of the molecule is COC(=O)c1c[nH]c(=O)c(-c2cc(C(F)(F)F)cc3[nH]ncc23)c1. The van der Waals surface area contributed by atoms with Gasteiger partial charge in [-0.3, -0.25) is 9.89 Å². The number of nitrogens with zero attached hydrogens (tertiary/aromatic N) is 1. The predicted molar refractivity (Wildman–Crippen MR) is 78.5 cm³/mol. The average Bonchev–Trinajstić information content (AvgIpc) is 3.01. The van der Waals surface area contributed by atoms with E-state index in [0.717, 1.165) is 25.4 Å². The Bertz CT molecular complexity index is 989. The summed E-state index contributed by atoms with van der Waals surface area (Å²) in [4.78, 5) is 26.0. The summed E-state index contributed by atoms with van der Waals surface area (Å²) in [6, 6.07) is 2.94. The molecule has 0 aliphatic carbocycles. The standard InChI is InChI=1S/C15H10F3N3O3/c1-24-14(23)7-2-10(13(22)19-5-7)9-3-8(15(16,17)18)4-12-11(9)6-20-21-12/h2-6H,1H3,(H,19,22)(H,20,21). The molecule has 0 amide bonds. The van der Waals surface area contributed by atoms with Crippen molar-refractivity contribution in [3.63, 3.8) is 0 Å². The fourth-order valence-corrected chi connectivity index (χ4v) is 2.36. The van der Waals surface area contributed by atoms with Crippen molar-refractivity contribution in [1.29, 1.82) is 0 Å². The molecule has 6 nitrogen and oxygen atoms in total. The van der Waals surface area contributed by atoms with E-state index in [9.17, 15) is 22.8 Å². The maximum absolute atomic E-state index is 13.1. The maximum atomic E-state index is 13.1. The summed E-state index contributed by atoms with van der Waals surface area (Å²) in [5.74, 6) is -0.720. The van der Waals surface area contributed by atoms with Crippen LogP contribution in [0.25, 0.3) is 22.0 Å². The van der Waals surface area contributed by atoms with Gasteiger partial charge in [0.1, 0.15) is 0 Å². The van der Waals surface area contributed by atoms with Crippen molar-refractivity contribution in [2.24, 2.45) is 0 Å². The molecule has 0 spiro atoms. The quantitative estimate of drug-likeness (QED) is 0.704. The Balaban J connectivity index is 2.31. The van der Waals surface area contributed by atoms with Crippen LogP contribution in [0, 0.1) is 0 Å². The van der Waals surface area contributed by atoms with Crippen LogP contribution >= 0.6 is 0 Å². The molecule has 1 aromatic carbocycles. The number of pyridine rings is 1. The normalized spacial score (nSPS) is 11.7. The molecular formula is C15H10F3N3O3. The van der Waals surface area contributed by atoms with Crippen molar-refractivity contribution in [2.45, 2.75) is 6.18 Å². The van der Waals surface area contributed by atoms with Crippen molar-refractivity contribution >= 4 is 16.9 Å². The lowest BCUT2D eigenvalue weighted by Crippen LogP contribution is -2.13. The summed E-state index contributed by atoms with van der Waals surface area (Å²) in [6.45, 7) is 0. The summed E-state index contributed by atoms with van der Waals surface area (Å²) >= 11 is 0. The number of aromatic nitrogens is 3. The Morgan fingerprint density at radius 1 is 1.21 bits per heavy atom. The summed E-state index contributed by atoms with van der Waals surface area (Å²) < 4.78 is 43.8.